The molecule has 0 aliphatic carbocycles. The van der Waals surface area contributed by atoms with Crippen molar-refractivity contribution in [1.29, 1.82) is 0 Å². The smallest absolute Gasteiger partial charge is 0.260 e. The SMILES string of the molecule is CCNc1cccnc1S(=O)(=O)NCCc1cnn(C)c1. The van der Waals surface area contributed by atoms with Crippen LogP contribution in [0.3, 0.4) is 0 Å². The fourth-order valence-corrected chi connectivity index (χ4v) is 3.07. The molecule has 0 aliphatic rings. The minimum Gasteiger partial charge on any atom is -0.383 e. The number of hydrogen-bond acceptors (Lipinski definition) is 5. The van der Waals surface area contributed by atoms with E-state index in [1.54, 1.807) is 23.0 Å². The van der Waals surface area contributed by atoms with Crippen LogP contribution in [-0.2, 0) is 23.5 Å². The molecule has 0 atom stereocenters. The minimum atomic E-state index is -3.63. The van der Waals surface area contributed by atoms with Crippen molar-refractivity contribution in [3.63, 3.8) is 0 Å². The van der Waals surface area contributed by atoms with Gasteiger partial charge in [-0.15, -0.1) is 0 Å². The van der Waals surface area contributed by atoms with E-state index in [0.717, 1.165) is 5.56 Å². The average molecular weight is 309 g/mol. The molecule has 2 aromatic rings. The number of pyridine rings is 1. The number of rotatable bonds is 7. The Morgan fingerprint density at radius 3 is 2.86 bits per heavy atom. The molecule has 21 heavy (non-hydrogen) atoms. The minimum absolute atomic E-state index is 0.0260. The van der Waals surface area contributed by atoms with Crippen molar-refractivity contribution in [1.82, 2.24) is 19.5 Å². The number of hydrogen-bond donors (Lipinski definition) is 2. The summed E-state index contributed by atoms with van der Waals surface area (Å²) in [5, 5.41) is 7.07. The molecule has 8 heteroatoms. The normalized spacial score (nSPS) is 11.5. The van der Waals surface area contributed by atoms with Crippen molar-refractivity contribution < 1.29 is 8.42 Å². The summed E-state index contributed by atoms with van der Waals surface area (Å²) in [4.78, 5) is 3.97. The van der Waals surface area contributed by atoms with Gasteiger partial charge in [-0.3, -0.25) is 4.68 Å². The summed E-state index contributed by atoms with van der Waals surface area (Å²) in [6.07, 6.45) is 5.63. The number of sulfonamides is 1. The second-order valence-electron chi connectivity index (χ2n) is 4.56. The second-order valence-corrected chi connectivity index (χ2v) is 6.24. The number of nitrogens with zero attached hydrogens (tertiary/aromatic N) is 3. The van der Waals surface area contributed by atoms with E-state index in [0.29, 0.717) is 25.2 Å². The fraction of sp³-hybridized carbons (Fsp3) is 0.385. The van der Waals surface area contributed by atoms with Crippen LogP contribution < -0.4 is 10.0 Å². The van der Waals surface area contributed by atoms with Gasteiger partial charge in [0.15, 0.2) is 5.03 Å². The van der Waals surface area contributed by atoms with E-state index in [1.165, 1.54) is 6.20 Å². The van der Waals surface area contributed by atoms with E-state index in [1.807, 2.05) is 20.2 Å². The molecule has 0 spiro atoms. The van der Waals surface area contributed by atoms with Crippen LogP contribution in [0.1, 0.15) is 12.5 Å². The van der Waals surface area contributed by atoms with E-state index < -0.39 is 10.0 Å². The Labute approximate surface area is 124 Å². The lowest BCUT2D eigenvalue weighted by atomic mass is 10.3. The summed E-state index contributed by atoms with van der Waals surface area (Å²) in [5.74, 6) is 0. The van der Waals surface area contributed by atoms with Crippen LogP contribution in [0, 0.1) is 0 Å². The number of aromatic nitrogens is 3. The number of nitrogens with one attached hydrogen (secondary N) is 2. The van der Waals surface area contributed by atoms with Gasteiger partial charge in [0.2, 0.25) is 0 Å². The number of aryl methyl sites for hydroxylation is 1. The van der Waals surface area contributed by atoms with Gasteiger partial charge in [-0.1, -0.05) is 0 Å². The first kappa shape index (κ1) is 15.5. The molecule has 0 saturated heterocycles. The highest BCUT2D eigenvalue weighted by molar-refractivity contribution is 7.89. The van der Waals surface area contributed by atoms with E-state index in [4.69, 9.17) is 0 Å². The molecule has 0 bridgehead atoms. The molecule has 0 saturated carbocycles. The average Bonchev–Trinajstić information content (AvgIpc) is 2.85. The molecule has 0 unspecified atom stereocenters. The third kappa shape index (κ3) is 4.02. The molecule has 0 radical (unpaired) electrons. The molecule has 0 fully saturated rings. The summed E-state index contributed by atoms with van der Waals surface area (Å²) >= 11 is 0. The van der Waals surface area contributed by atoms with E-state index in [-0.39, 0.29) is 5.03 Å². The zero-order valence-corrected chi connectivity index (χ0v) is 12.9. The van der Waals surface area contributed by atoms with Crippen LogP contribution in [0.2, 0.25) is 0 Å². The maximum atomic E-state index is 12.3. The molecule has 2 aromatic heterocycles. The first-order valence-corrected chi connectivity index (χ1v) is 8.17. The lowest BCUT2D eigenvalue weighted by Gasteiger charge is -2.10. The van der Waals surface area contributed by atoms with Gasteiger partial charge in [-0.2, -0.15) is 5.10 Å². The largest absolute Gasteiger partial charge is 0.383 e. The lowest BCUT2D eigenvalue weighted by Crippen LogP contribution is -2.27. The second kappa shape index (κ2) is 6.68. The van der Waals surface area contributed by atoms with Crippen molar-refractivity contribution in [3.05, 3.63) is 36.3 Å². The first-order valence-electron chi connectivity index (χ1n) is 6.69. The van der Waals surface area contributed by atoms with Gasteiger partial charge >= 0.3 is 0 Å². The Morgan fingerprint density at radius 1 is 1.38 bits per heavy atom. The van der Waals surface area contributed by atoms with Crippen molar-refractivity contribution in [2.45, 2.75) is 18.4 Å². The standard InChI is InChI=1S/C13H19N5O2S/c1-3-14-12-5-4-7-15-13(12)21(19,20)17-8-6-11-9-16-18(2)10-11/h4-5,7,9-10,14,17H,3,6,8H2,1-2H3. The van der Waals surface area contributed by atoms with E-state index in [9.17, 15) is 8.42 Å². The fourth-order valence-electron chi connectivity index (χ4n) is 1.93. The summed E-state index contributed by atoms with van der Waals surface area (Å²) in [7, 11) is -1.80. The predicted octanol–water partition coefficient (Wildman–Crippen LogP) is 0.768. The van der Waals surface area contributed by atoms with Crippen LogP contribution in [-0.4, -0.2) is 36.3 Å². The molecule has 0 aromatic carbocycles. The molecular formula is C13H19N5O2S. The highest BCUT2D eigenvalue weighted by atomic mass is 32.2. The van der Waals surface area contributed by atoms with Crippen molar-refractivity contribution >= 4 is 15.7 Å². The van der Waals surface area contributed by atoms with Crippen molar-refractivity contribution in [2.75, 3.05) is 18.4 Å². The molecule has 2 N–H and O–H groups in total. The Kier molecular flexibility index (Phi) is 4.92. The van der Waals surface area contributed by atoms with E-state index in [2.05, 4.69) is 20.1 Å². The van der Waals surface area contributed by atoms with Gasteiger partial charge in [0, 0.05) is 32.5 Å². The predicted molar refractivity (Wildman–Crippen MR) is 80.5 cm³/mol. The zero-order valence-electron chi connectivity index (χ0n) is 12.1. The molecule has 7 nitrogen and oxygen atoms in total. The van der Waals surface area contributed by atoms with Gasteiger partial charge in [-0.05, 0) is 31.0 Å². The number of anilines is 1. The third-order valence-electron chi connectivity index (χ3n) is 2.86. The van der Waals surface area contributed by atoms with Crippen molar-refractivity contribution in [3.8, 4) is 0 Å². The van der Waals surface area contributed by atoms with Gasteiger partial charge in [0.05, 0.1) is 11.9 Å². The van der Waals surface area contributed by atoms with Gasteiger partial charge in [0.1, 0.15) is 0 Å². The zero-order chi connectivity index (χ0) is 15.3. The third-order valence-corrected chi connectivity index (χ3v) is 4.28. The van der Waals surface area contributed by atoms with Crippen LogP contribution in [0.15, 0.2) is 35.7 Å². The highest BCUT2D eigenvalue weighted by Gasteiger charge is 2.19. The quantitative estimate of drug-likeness (QED) is 0.788. The van der Waals surface area contributed by atoms with Crippen LogP contribution in [0.4, 0.5) is 5.69 Å². The summed E-state index contributed by atoms with van der Waals surface area (Å²) in [5.41, 5.74) is 1.49. The van der Waals surface area contributed by atoms with Gasteiger partial charge in [0.25, 0.3) is 10.0 Å². The van der Waals surface area contributed by atoms with E-state index >= 15 is 0 Å². The first-order chi connectivity index (χ1) is 10.0. The Hall–Kier alpha value is -1.93. The van der Waals surface area contributed by atoms with Crippen LogP contribution in [0.5, 0.6) is 0 Å². The monoisotopic (exact) mass is 309 g/mol. The molecule has 2 heterocycles. The van der Waals surface area contributed by atoms with Gasteiger partial charge in [-0.25, -0.2) is 18.1 Å². The van der Waals surface area contributed by atoms with Crippen LogP contribution in [0.25, 0.3) is 0 Å². The molecule has 0 aliphatic heterocycles. The maximum Gasteiger partial charge on any atom is 0.260 e. The summed E-state index contributed by atoms with van der Waals surface area (Å²) < 4.78 is 28.8. The summed E-state index contributed by atoms with van der Waals surface area (Å²) in [6.45, 7) is 2.83. The molecule has 2 rings (SSSR count). The van der Waals surface area contributed by atoms with Crippen molar-refractivity contribution in [2.24, 2.45) is 7.05 Å². The molecular weight excluding hydrogens is 290 g/mol. The highest BCUT2D eigenvalue weighted by Crippen LogP contribution is 2.17. The Balaban J connectivity index is 2.04. The molecule has 114 valence electrons. The Bertz CT molecular complexity index is 696. The van der Waals surface area contributed by atoms with Crippen LogP contribution >= 0.6 is 0 Å². The summed E-state index contributed by atoms with van der Waals surface area (Å²) in [6, 6.07) is 3.40. The maximum absolute atomic E-state index is 12.3. The van der Waals surface area contributed by atoms with Gasteiger partial charge < -0.3 is 5.32 Å². The lowest BCUT2D eigenvalue weighted by molar-refractivity contribution is 0.578. The molecule has 0 amide bonds. The topological polar surface area (TPSA) is 88.9 Å². The Morgan fingerprint density at radius 2 is 2.19 bits per heavy atom.